The Labute approximate surface area is 178 Å². The molecule has 0 radical (unpaired) electrons. The maximum Gasteiger partial charge on any atom is 0.366 e. The average Bonchev–Trinajstić information content (AvgIpc) is 2.70. The molecule has 1 unspecified atom stereocenters. The smallest absolute Gasteiger partial charge is 0.366 e. The van der Waals surface area contributed by atoms with E-state index >= 15 is 0 Å². The van der Waals surface area contributed by atoms with Crippen molar-refractivity contribution in [3.8, 4) is 0 Å². The summed E-state index contributed by atoms with van der Waals surface area (Å²) in [6.07, 6.45) is 3.10. The van der Waals surface area contributed by atoms with Gasteiger partial charge in [-0.05, 0) is 45.2 Å². The van der Waals surface area contributed by atoms with Crippen molar-refractivity contribution in [2.45, 2.75) is 65.2 Å². The lowest BCUT2D eigenvalue weighted by Crippen LogP contribution is -2.48. The van der Waals surface area contributed by atoms with E-state index < -0.39 is 17.8 Å². The molecule has 30 heavy (non-hydrogen) atoms. The number of aryl methyl sites for hydroxylation is 2. The Morgan fingerprint density at radius 1 is 1.20 bits per heavy atom. The van der Waals surface area contributed by atoms with Gasteiger partial charge >= 0.3 is 5.97 Å². The predicted molar refractivity (Wildman–Crippen MR) is 112 cm³/mol. The van der Waals surface area contributed by atoms with Gasteiger partial charge in [0, 0.05) is 18.4 Å². The topological polar surface area (TPSA) is 90.9 Å². The van der Waals surface area contributed by atoms with E-state index in [2.05, 4.69) is 5.32 Å². The van der Waals surface area contributed by atoms with Crippen LogP contribution in [0.5, 0.6) is 0 Å². The van der Waals surface area contributed by atoms with Crippen LogP contribution in [0.3, 0.4) is 0 Å². The fourth-order valence-corrected chi connectivity index (χ4v) is 3.58. The van der Waals surface area contributed by atoms with Crippen molar-refractivity contribution in [2.75, 3.05) is 20.3 Å². The van der Waals surface area contributed by atoms with Crippen molar-refractivity contribution in [1.29, 1.82) is 0 Å². The van der Waals surface area contributed by atoms with Crippen LogP contribution in [0.25, 0.3) is 0 Å². The van der Waals surface area contributed by atoms with E-state index in [9.17, 15) is 14.4 Å². The van der Waals surface area contributed by atoms with Crippen LogP contribution < -0.4 is 5.32 Å². The van der Waals surface area contributed by atoms with E-state index in [1.165, 1.54) is 14.0 Å². The van der Waals surface area contributed by atoms with Gasteiger partial charge in [0.15, 0.2) is 5.78 Å². The minimum Gasteiger partial charge on any atom is -0.465 e. The molecule has 7 heteroatoms. The van der Waals surface area contributed by atoms with E-state index in [-0.39, 0.29) is 17.6 Å². The Bertz CT molecular complexity index is 767. The van der Waals surface area contributed by atoms with Crippen LogP contribution in [-0.4, -0.2) is 49.8 Å². The molecule has 166 valence electrons. The van der Waals surface area contributed by atoms with Gasteiger partial charge in [-0.25, -0.2) is 4.79 Å². The first-order valence-electron chi connectivity index (χ1n) is 10.4. The van der Waals surface area contributed by atoms with Crippen LogP contribution in [0.2, 0.25) is 0 Å². The van der Waals surface area contributed by atoms with Gasteiger partial charge in [-0.2, -0.15) is 0 Å². The van der Waals surface area contributed by atoms with Gasteiger partial charge in [0.05, 0.1) is 26.4 Å². The Balaban J connectivity index is 1.77. The molecular formula is C23H33NO6. The molecule has 0 aromatic heterocycles. The number of nitrogens with one attached hydrogen (secondary N) is 1. The van der Waals surface area contributed by atoms with Crippen molar-refractivity contribution in [3.63, 3.8) is 0 Å². The molecule has 1 aromatic rings. The Morgan fingerprint density at radius 2 is 1.87 bits per heavy atom. The number of esters is 1. The number of ketones is 1. The van der Waals surface area contributed by atoms with E-state index in [1.807, 2.05) is 26.0 Å². The molecule has 1 atom stereocenters. The average molecular weight is 420 g/mol. The maximum absolute atomic E-state index is 12.6. The molecule has 7 nitrogen and oxygen atoms in total. The highest BCUT2D eigenvalue weighted by molar-refractivity contribution is 5.98. The number of ether oxygens (including phenoxy) is 3. The molecule has 1 N–H and O–H groups in total. The lowest BCUT2D eigenvalue weighted by molar-refractivity contribution is -0.272. The third-order valence-electron chi connectivity index (χ3n) is 5.52. The van der Waals surface area contributed by atoms with Crippen molar-refractivity contribution >= 4 is 17.7 Å². The highest BCUT2D eigenvalue weighted by Gasteiger charge is 2.41. The quantitative estimate of drug-likeness (QED) is 0.489. The molecule has 0 aliphatic carbocycles. The monoisotopic (exact) mass is 419 g/mol. The molecule has 0 saturated carbocycles. The summed E-state index contributed by atoms with van der Waals surface area (Å²) in [6, 6.07) is 5.14. The fourth-order valence-electron chi connectivity index (χ4n) is 3.58. The van der Waals surface area contributed by atoms with Gasteiger partial charge in [0.2, 0.25) is 0 Å². The molecule has 1 fully saturated rings. The lowest BCUT2D eigenvalue weighted by Gasteiger charge is -2.35. The second-order valence-corrected chi connectivity index (χ2v) is 8.16. The van der Waals surface area contributed by atoms with Gasteiger partial charge in [-0.15, -0.1) is 0 Å². The minimum absolute atomic E-state index is 0.0497. The molecule has 2 rings (SSSR count). The summed E-state index contributed by atoms with van der Waals surface area (Å²) < 4.78 is 15.8. The number of hydrogen-bond acceptors (Lipinski definition) is 6. The summed E-state index contributed by atoms with van der Waals surface area (Å²) >= 11 is 0. The van der Waals surface area contributed by atoms with Crippen LogP contribution in [0, 0.1) is 19.8 Å². The Kier molecular flexibility index (Phi) is 8.55. The second-order valence-electron chi connectivity index (χ2n) is 8.16. The SMILES string of the molecule is COC(=O)[C@]1(C)OC[C@H](CCCCC(NC(=O)c2ccc(C)cc2C)C(C)=O)CO1. The van der Waals surface area contributed by atoms with Gasteiger partial charge in [-0.3, -0.25) is 9.59 Å². The Hall–Kier alpha value is -2.25. The van der Waals surface area contributed by atoms with Gasteiger partial charge in [0.1, 0.15) is 0 Å². The van der Waals surface area contributed by atoms with Crippen LogP contribution in [0.1, 0.15) is 61.0 Å². The molecule has 1 aliphatic rings. The zero-order valence-electron chi connectivity index (χ0n) is 18.6. The van der Waals surface area contributed by atoms with Gasteiger partial charge in [0.25, 0.3) is 11.7 Å². The van der Waals surface area contributed by atoms with Gasteiger partial charge in [-0.1, -0.05) is 30.5 Å². The van der Waals surface area contributed by atoms with Crippen molar-refractivity contribution < 1.29 is 28.6 Å². The first kappa shape index (κ1) is 24.0. The number of amides is 1. The Morgan fingerprint density at radius 3 is 2.43 bits per heavy atom. The van der Waals surface area contributed by atoms with E-state index in [4.69, 9.17) is 14.2 Å². The number of rotatable bonds is 9. The summed E-state index contributed by atoms with van der Waals surface area (Å²) in [5.74, 6) is -1.95. The minimum atomic E-state index is -1.33. The predicted octanol–water partition coefficient (Wildman–Crippen LogP) is 3.10. The molecule has 1 heterocycles. The third kappa shape index (κ3) is 6.37. The number of hydrogen-bond donors (Lipinski definition) is 1. The molecule has 1 saturated heterocycles. The van der Waals surface area contributed by atoms with E-state index in [0.29, 0.717) is 25.2 Å². The summed E-state index contributed by atoms with van der Waals surface area (Å²) in [6.45, 7) is 7.78. The maximum atomic E-state index is 12.6. The normalized spacial score (nSPS) is 22.2. The molecule has 1 aliphatic heterocycles. The number of carbonyl (C=O) groups excluding carboxylic acids is 3. The van der Waals surface area contributed by atoms with Crippen molar-refractivity contribution in [3.05, 3.63) is 34.9 Å². The molecule has 0 bridgehead atoms. The molecule has 1 aromatic carbocycles. The van der Waals surface area contributed by atoms with Crippen LogP contribution in [0.15, 0.2) is 18.2 Å². The van der Waals surface area contributed by atoms with Crippen LogP contribution in [-0.2, 0) is 23.8 Å². The summed E-state index contributed by atoms with van der Waals surface area (Å²) in [5, 5.41) is 2.87. The highest BCUT2D eigenvalue weighted by Crippen LogP contribution is 2.25. The van der Waals surface area contributed by atoms with Crippen LogP contribution >= 0.6 is 0 Å². The third-order valence-corrected chi connectivity index (χ3v) is 5.52. The zero-order valence-corrected chi connectivity index (χ0v) is 18.6. The van der Waals surface area contributed by atoms with Crippen molar-refractivity contribution in [1.82, 2.24) is 5.32 Å². The van der Waals surface area contributed by atoms with Crippen molar-refractivity contribution in [2.24, 2.45) is 5.92 Å². The number of unbranched alkanes of at least 4 members (excludes halogenated alkanes) is 1. The number of carbonyl (C=O) groups is 3. The lowest BCUT2D eigenvalue weighted by atomic mass is 9.98. The first-order chi connectivity index (χ1) is 14.2. The molecule has 1 amide bonds. The molecular weight excluding hydrogens is 386 g/mol. The van der Waals surface area contributed by atoms with Gasteiger partial charge < -0.3 is 19.5 Å². The summed E-state index contributed by atoms with van der Waals surface area (Å²) in [5.41, 5.74) is 2.58. The highest BCUT2D eigenvalue weighted by atomic mass is 16.7. The second kappa shape index (κ2) is 10.7. The molecule has 0 spiro atoms. The zero-order chi connectivity index (χ0) is 22.3. The van der Waals surface area contributed by atoms with E-state index in [1.54, 1.807) is 13.0 Å². The van der Waals surface area contributed by atoms with E-state index in [0.717, 1.165) is 30.4 Å². The summed E-state index contributed by atoms with van der Waals surface area (Å²) in [4.78, 5) is 36.3. The fraction of sp³-hybridized carbons (Fsp3) is 0.609. The summed E-state index contributed by atoms with van der Waals surface area (Å²) in [7, 11) is 1.30. The van der Waals surface area contributed by atoms with Crippen LogP contribution in [0.4, 0.5) is 0 Å². The largest absolute Gasteiger partial charge is 0.465 e. The first-order valence-corrected chi connectivity index (χ1v) is 10.4. The number of methoxy groups -OCH3 is 1. The standard InChI is InChI=1S/C23H33NO6/c1-15-10-11-19(16(2)12-15)21(26)24-20(17(3)25)9-7-6-8-18-13-29-23(4,30-14-18)22(27)28-5/h10-12,18,20H,6-9,13-14H2,1-5H3,(H,24,26)/t18-,20?,23+. The number of benzene rings is 1. The number of Topliss-reactive ketones (excluding diaryl/α,β-unsaturated/α-hetero) is 1.